The zero-order chi connectivity index (χ0) is 13.7. The Hall–Kier alpha value is -0.980. The summed E-state index contributed by atoms with van der Waals surface area (Å²) in [6, 6.07) is 0. The van der Waals surface area contributed by atoms with E-state index in [-0.39, 0.29) is 6.10 Å². The van der Waals surface area contributed by atoms with Crippen LogP contribution in [0.1, 0.15) is 31.5 Å². The summed E-state index contributed by atoms with van der Waals surface area (Å²) >= 11 is 0. The van der Waals surface area contributed by atoms with E-state index in [9.17, 15) is 5.11 Å². The molecule has 2 rings (SSSR count). The van der Waals surface area contributed by atoms with Crippen LogP contribution in [0.3, 0.4) is 0 Å². The van der Waals surface area contributed by atoms with Crippen LogP contribution < -0.4 is 5.32 Å². The minimum atomic E-state index is -0.226. The molecule has 0 bridgehead atoms. The molecule has 1 aliphatic heterocycles. The van der Waals surface area contributed by atoms with Crippen molar-refractivity contribution in [2.24, 2.45) is 5.92 Å². The second-order valence-electron chi connectivity index (χ2n) is 5.46. The second-order valence-corrected chi connectivity index (χ2v) is 5.46. The summed E-state index contributed by atoms with van der Waals surface area (Å²) in [4.78, 5) is 6.50. The number of hydrogen-bond donors (Lipinski definition) is 2. The molecule has 19 heavy (non-hydrogen) atoms. The van der Waals surface area contributed by atoms with Crippen molar-refractivity contribution >= 4 is 0 Å². The first-order chi connectivity index (χ1) is 9.13. The minimum Gasteiger partial charge on any atom is -0.392 e. The molecule has 1 aromatic heterocycles. The number of aliphatic hydroxyl groups is 1. The number of nitrogens with zero attached hydrogens (tertiary/aromatic N) is 3. The average molecular weight is 268 g/mol. The Morgan fingerprint density at radius 1 is 1.47 bits per heavy atom. The van der Waals surface area contributed by atoms with Gasteiger partial charge in [0.25, 0.3) is 0 Å². The molecule has 0 aromatic carbocycles. The maximum atomic E-state index is 9.36. The van der Waals surface area contributed by atoms with E-state index in [4.69, 9.17) is 4.52 Å². The molecule has 2 N–H and O–H groups in total. The topological polar surface area (TPSA) is 74.4 Å². The van der Waals surface area contributed by atoms with Crippen molar-refractivity contribution in [2.45, 2.75) is 39.3 Å². The molecule has 0 spiro atoms. The number of aryl methyl sites for hydroxylation is 1. The van der Waals surface area contributed by atoms with Gasteiger partial charge in [-0.1, -0.05) is 5.16 Å². The van der Waals surface area contributed by atoms with Crippen molar-refractivity contribution in [1.82, 2.24) is 20.4 Å². The predicted octanol–water partition coefficient (Wildman–Crippen LogP) is 0.560. The van der Waals surface area contributed by atoms with Crippen LogP contribution in [0, 0.1) is 12.8 Å². The lowest BCUT2D eigenvalue weighted by molar-refractivity contribution is 0.0996. The van der Waals surface area contributed by atoms with E-state index in [1.807, 2.05) is 13.8 Å². The smallest absolute Gasteiger partial charge is 0.240 e. The minimum absolute atomic E-state index is 0.226. The Bertz CT molecular complexity index is 372. The zero-order valence-corrected chi connectivity index (χ0v) is 11.8. The SMILES string of the molecule is Cc1noc(CNCC2CCN(CC(C)O)CC2)n1. The van der Waals surface area contributed by atoms with Crippen molar-refractivity contribution in [3.05, 3.63) is 11.7 Å². The van der Waals surface area contributed by atoms with Gasteiger partial charge in [-0.2, -0.15) is 4.98 Å². The Morgan fingerprint density at radius 2 is 2.21 bits per heavy atom. The summed E-state index contributed by atoms with van der Waals surface area (Å²) in [5.74, 6) is 2.04. The summed E-state index contributed by atoms with van der Waals surface area (Å²) in [5.41, 5.74) is 0. The molecule has 1 unspecified atom stereocenters. The first-order valence-corrected chi connectivity index (χ1v) is 7.04. The average Bonchev–Trinajstić information content (AvgIpc) is 2.77. The molecule has 6 heteroatoms. The molecule has 1 fully saturated rings. The van der Waals surface area contributed by atoms with Crippen LogP contribution in [-0.2, 0) is 6.54 Å². The predicted molar refractivity (Wildman–Crippen MR) is 71.6 cm³/mol. The fourth-order valence-electron chi connectivity index (χ4n) is 2.54. The number of β-amino-alcohol motifs (C(OH)–C–C–N with tert-alkyl or cyclic N) is 1. The summed E-state index contributed by atoms with van der Waals surface area (Å²) in [6.07, 6.45) is 2.14. The number of piperidine rings is 1. The van der Waals surface area contributed by atoms with Crippen LogP contribution in [0.5, 0.6) is 0 Å². The van der Waals surface area contributed by atoms with Gasteiger partial charge >= 0.3 is 0 Å². The third-order valence-corrected chi connectivity index (χ3v) is 3.51. The fraction of sp³-hybridized carbons (Fsp3) is 0.846. The maximum Gasteiger partial charge on any atom is 0.240 e. The Balaban J connectivity index is 1.60. The van der Waals surface area contributed by atoms with E-state index in [1.54, 1.807) is 0 Å². The van der Waals surface area contributed by atoms with Gasteiger partial charge in [-0.15, -0.1) is 0 Å². The Kier molecular flexibility index (Phi) is 5.30. The van der Waals surface area contributed by atoms with E-state index in [2.05, 4.69) is 20.4 Å². The third kappa shape index (κ3) is 4.89. The first-order valence-electron chi connectivity index (χ1n) is 7.04. The van der Waals surface area contributed by atoms with Crippen LogP contribution in [-0.4, -0.2) is 52.4 Å². The van der Waals surface area contributed by atoms with Crippen LogP contribution in [0.2, 0.25) is 0 Å². The Morgan fingerprint density at radius 3 is 2.79 bits per heavy atom. The van der Waals surface area contributed by atoms with Gasteiger partial charge in [0.15, 0.2) is 5.82 Å². The normalized spacial score (nSPS) is 19.7. The van der Waals surface area contributed by atoms with Crippen LogP contribution in [0.15, 0.2) is 4.52 Å². The maximum absolute atomic E-state index is 9.36. The molecular formula is C13H24N4O2. The highest BCUT2D eigenvalue weighted by molar-refractivity contribution is 4.82. The van der Waals surface area contributed by atoms with E-state index in [1.165, 1.54) is 12.8 Å². The van der Waals surface area contributed by atoms with Crippen LogP contribution >= 0.6 is 0 Å². The lowest BCUT2D eigenvalue weighted by Crippen LogP contribution is -2.40. The monoisotopic (exact) mass is 268 g/mol. The lowest BCUT2D eigenvalue weighted by Gasteiger charge is -2.32. The van der Waals surface area contributed by atoms with Crippen molar-refractivity contribution in [3.8, 4) is 0 Å². The number of aromatic nitrogens is 2. The molecule has 1 saturated heterocycles. The van der Waals surface area contributed by atoms with Crippen molar-refractivity contribution in [3.63, 3.8) is 0 Å². The summed E-state index contributed by atoms with van der Waals surface area (Å²) in [6.45, 7) is 8.26. The molecule has 1 aliphatic rings. The quantitative estimate of drug-likeness (QED) is 0.785. The van der Waals surface area contributed by atoms with Gasteiger partial charge in [-0.25, -0.2) is 0 Å². The molecule has 2 heterocycles. The zero-order valence-electron chi connectivity index (χ0n) is 11.8. The number of likely N-dealkylation sites (tertiary alicyclic amines) is 1. The largest absolute Gasteiger partial charge is 0.392 e. The molecule has 1 atom stereocenters. The molecule has 6 nitrogen and oxygen atoms in total. The van der Waals surface area contributed by atoms with Gasteiger partial charge < -0.3 is 19.8 Å². The third-order valence-electron chi connectivity index (χ3n) is 3.51. The fourth-order valence-corrected chi connectivity index (χ4v) is 2.54. The highest BCUT2D eigenvalue weighted by Gasteiger charge is 2.19. The number of aliphatic hydroxyl groups excluding tert-OH is 1. The number of hydrogen-bond acceptors (Lipinski definition) is 6. The van der Waals surface area contributed by atoms with Crippen LogP contribution in [0.4, 0.5) is 0 Å². The molecule has 0 saturated carbocycles. The highest BCUT2D eigenvalue weighted by atomic mass is 16.5. The summed E-state index contributed by atoms with van der Waals surface area (Å²) < 4.78 is 5.05. The van der Waals surface area contributed by atoms with Crippen molar-refractivity contribution in [2.75, 3.05) is 26.2 Å². The van der Waals surface area contributed by atoms with Gasteiger partial charge in [-0.3, -0.25) is 0 Å². The number of rotatable bonds is 6. The van der Waals surface area contributed by atoms with E-state index < -0.39 is 0 Å². The van der Waals surface area contributed by atoms with E-state index in [0.29, 0.717) is 24.2 Å². The summed E-state index contributed by atoms with van der Waals surface area (Å²) in [7, 11) is 0. The molecule has 0 aliphatic carbocycles. The standard InChI is InChI=1S/C13H24N4O2/c1-10(18)9-17-5-3-12(4-6-17)7-14-8-13-15-11(2)16-19-13/h10,12,14,18H,3-9H2,1-2H3. The van der Waals surface area contributed by atoms with E-state index >= 15 is 0 Å². The van der Waals surface area contributed by atoms with Gasteiger partial charge in [-0.05, 0) is 52.2 Å². The van der Waals surface area contributed by atoms with Gasteiger partial charge in [0.2, 0.25) is 5.89 Å². The molecule has 108 valence electrons. The molecule has 0 radical (unpaired) electrons. The van der Waals surface area contributed by atoms with Gasteiger partial charge in [0.1, 0.15) is 0 Å². The van der Waals surface area contributed by atoms with Gasteiger partial charge in [0.05, 0.1) is 12.6 Å². The van der Waals surface area contributed by atoms with Crippen LogP contribution in [0.25, 0.3) is 0 Å². The van der Waals surface area contributed by atoms with E-state index in [0.717, 1.165) is 26.2 Å². The Labute approximate surface area is 114 Å². The second kappa shape index (κ2) is 6.98. The molecule has 1 aromatic rings. The van der Waals surface area contributed by atoms with Crippen molar-refractivity contribution < 1.29 is 9.63 Å². The summed E-state index contributed by atoms with van der Waals surface area (Å²) in [5, 5.41) is 16.5. The molecular weight excluding hydrogens is 244 g/mol. The van der Waals surface area contributed by atoms with Crippen molar-refractivity contribution in [1.29, 1.82) is 0 Å². The first kappa shape index (κ1) is 14.4. The highest BCUT2D eigenvalue weighted by Crippen LogP contribution is 2.16. The van der Waals surface area contributed by atoms with Gasteiger partial charge in [0, 0.05) is 6.54 Å². The number of nitrogens with one attached hydrogen (secondary N) is 1. The molecule has 0 amide bonds. The lowest BCUT2D eigenvalue weighted by atomic mass is 9.96.